The number of nitrogens with zero attached hydrogens (tertiary/aromatic N) is 2. The summed E-state index contributed by atoms with van der Waals surface area (Å²) < 4.78 is 0. The normalized spacial score (nSPS) is 23.4. The van der Waals surface area contributed by atoms with Gasteiger partial charge in [-0.25, -0.2) is 0 Å². The van der Waals surface area contributed by atoms with E-state index in [1.54, 1.807) is 0 Å². The van der Waals surface area contributed by atoms with Crippen LogP contribution in [0.3, 0.4) is 0 Å². The second kappa shape index (κ2) is 5.33. The van der Waals surface area contributed by atoms with E-state index >= 15 is 0 Å². The average molecular weight is 258 g/mol. The van der Waals surface area contributed by atoms with Crippen LogP contribution in [-0.4, -0.2) is 36.5 Å². The predicted molar refractivity (Wildman–Crippen MR) is 77.4 cm³/mol. The first-order valence-corrected chi connectivity index (χ1v) is 7.38. The molecular formula is C16H22N2O. The van der Waals surface area contributed by atoms with Crippen LogP contribution in [0.1, 0.15) is 31.7 Å². The van der Waals surface area contributed by atoms with Gasteiger partial charge in [-0.2, -0.15) is 0 Å². The SMILES string of the molecule is C[C@@H]1Cc2ccccc2N1C(=O)CN1CCCCC1. The third-order valence-corrected chi connectivity index (χ3v) is 4.28. The number of para-hydroxylation sites is 1. The summed E-state index contributed by atoms with van der Waals surface area (Å²) in [6.07, 6.45) is 4.77. The van der Waals surface area contributed by atoms with Gasteiger partial charge in [-0.1, -0.05) is 24.6 Å². The lowest BCUT2D eigenvalue weighted by atomic mass is 10.1. The van der Waals surface area contributed by atoms with Gasteiger partial charge in [-0.05, 0) is 50.9 Å². The molecule has 1 amide bonds. The molecule has 2 heterocycles. The lowest BCUT2D eigenvalue weighted by molar-refractivity contribution is -0.120. The zero-order valence-electron chi connectivity index (χ0n) is 11.6. The van der Waals surface area contributed by atoms with Crippen molar-refractivity contribution in [2.45, 2.75) is 38.6 Å². The third-order valence-electron chi connectivity index (χ3n) is 4.28. The minimum absolute atomic E-state index is 0.263. The molecule has 1 aromatic carbocycles. The average Bonchev–Trinajstić information content (AvgIpc) is 2.75. The van der Waals surface area contributed by atoms with Gasteiger partial charge in [0.1, 0.15) is 0 Å². The van der Waals surface area contributed by atoms with Gasteiger partial charge in [0.05, 0.1) is 6.54 Å². The molecule has 0 saturated carbocycles. The zero-order valence-corrected chi connectivity index (χ0v) is 11.6. The van der Waals surface area contributed by atoms with E-state index in [2.05, 4.69) is 30.0 Å². The van der Waals surface area contributed by atoms with Gasteiger partial charge in [0.15, 0.2) is 0 Å². The van der Waals surface area contributed by atoms with Crippen molar-refractivity contribution in [3.8, 4) is 0 Å². The first kappa shape index (κ1) is 12.7. The van der Waals surface area contributed by atoms with Crippen molar-refractivity contribution in [2.75, 3.05) is 24.5 Å². The minimum Gasteiger partial charge on any atom is -0.308 e. The van der Waals surface area contributed by atoms with Crippen molar-refractivity contribution < 1.29 is 4.79 Å². The van der Waals surface area contributed by atoms with E-state index < -0.39 is 0 Å². The van der Waals surface area contributed by atoms with Gasteiger partial charge >= 0.3 is 0 Å². The number of carbonyl (C=O) groups excluding carboxylic acids is 1. The van der Waals surface area contributed by atoms with Crippen molar-refractivity contribution in [3.63, 3.8) is 0 Å². The number of rotatable bonds is 2. The minimum atomic E-state index is 0.263. The lowest BCUT2D eigenvalue weighted by Gasteiger charge is -2.29. The molecule has 102 valence electrons. The molecular weight excluding hydrogens is 236 g/mol. The highest BCUT2D eigenvalue weighted by atomic mass is 16.2. The van der Waals surface area contributed by atoms with Crippen molar-refractivity contribution >= 4 is 11.6 Å². The topological polar surface area (TPSA) is 23.6 Å². The molecule has 3 heteroatoms. The molecule has 3 rings (SSSR count). The summed E-state index contributed by atoms with van der Waals surface area (Å²) in [7, 11) is 0. The Morgan fingerprint density at radius 1 is 1.21 bits per heavy atom. The van der Waals surface area contributed by atoms with E-state index in [1.165, 1.54) is 24.8 Å². The number of anilines is 1. The van der Waals surface area contributed by atoms with E-state index in [-0.39, 0.29) is 5.91 Å². The van der Waals surface area contributed by atoms with Crippen LogP contribution < -0.4 is 4.90 Å². The van der Waals surface area contributed by atoms with Crippen molar-refractivity contribution in [2.24, 2.45) is 0 Å². The highest BCUT2D eigenvalue weighted by Gasteiger charge is 2.31. The van der Waals surface area contributed by atoms with Gasteiger partial charge in [-0.3, -0.25) is 9.69 Å². The van der Waals surface area contributed by atoms with Crippen LogP contribution in [-0.2, 0) is 11.2 Å². The molecule has 0 unspecified atom stereocenters. The summed E-state index contributed by atoms with van der Waals surface area (Å²) in [5.74, 6) is 0.263. The summed E-state index contributed by atoms with van der Waals surface area (Å²) in [6, 6.07) is 8.60. The molecule has 0 radical (unpaired) electrons. The molecule has 0 aliphatic carbocycles. The number of piperidine rings is 1. The molecule has 1 saturated heterocycles. The van der Waals surface area contributed by atoms with E-state index in [0.29, 0.717) is 12.6 Å². The van der Waals surface area contributed by atoms with E-state index in [1.807, 2.05) is 11.0 Å². The van der Waals surface area contributed by atoms with Gasteiger partial charge in [0.25, 0.3) is 0 Å². The largest absolute Gasteiger partial charge is 0.308 e. The second-order valence-electron chi connectivity index (χ2n) is 5.78. The maximum atomic E-state index is 12.6. The fourth-order valence-corrected chi connectivity index (χ4v) is 3.33. The fourth-order valence-electron chi connectivity index (χ4n) is 3.33. The van der Waals surface area contributed by atoms with E-state index in [9.17, 15) is 4.79 Å². The van der Waals surface area contributed by atoms with Crippen LogP contribution in [0.25, 0.3) is 0 Å². The number of benzene rings is 1. The summed E-state index contributed by atoms with van der Waals surface area (Å²) in [6.45, 7) is 4.89. The molecule has 2 aliphatic heterocycles. The summed E-state index contributed by atoms with van der Waals surface area (Å²) in [4.78, 5) is 16.9. The first-order valence-electron chi connectivity index (χ1n) is 7.38. The molecule has 0 spiro atoms. The first-order chi connectivity index (χ1) is 9.25. The van der Waals surface area contributed by atoms with Gasteiger partial charge in [-0.15, -0.1) is 0 Å². The van der Waals surface area contributed by atoms with Crippen LogP contribution in [0, 0.1) is 0 Å². The van der Waals surface area contributed by atoms with E-state index in [0.717, 1.165) is 25.2 Å². The lowest BCUT2D eigenvalue weighted by Crippen LogP contribution is -2.44. The number of likely N-dealkylation sites (tertiary alicyclic amines) is 1. The third kappa shape index (κ3) is 2.52. The summed E-state index contributed by atoms with van der Waals surface area (Å²) in [5.41, 5.74) is 2.43. The second-order valence-corrected chi connectivity index (χ2v) is 5.78. The number of fused-ring (bicyclic) bond motifs is 1. The molecule has 3 nitrogen and oxygen atoms in total. The Labute approximate surface area is 115 Å². The smallest absolute Gasteiger partial charge is 0.241 e. The number of carbonyl (C=O) groups is 1. The quantitative estimate of drug-likeness (QED) is 0.813. The summed E-state index contributed by atoms with van der Waals surface area (Å²) >= 11 is 0. The van der Waals surface area contributed by atoms with Crippen LogP contribution in [0.5, 0.6) is 0 Å². The van der Waals surface area contributed by atoms with Crippen LogP contribution in [0.2, 0.25) is 0 Å². The van der Waals surface area contributed by atoms with Crippen LogP contribution in [0.15, 0.2) is 24.3 Å². The van der Waals surface area contributed by atoms with Crippen molar-refractivity contribution in [1.29, 1.82) is 0 Å². The molecule has 0 bridgehead atoms. The molecule has 0 aromatic heterocycles. The Morgan fingerprint density at radius 2 is 1.95 bits per heavy atom. The standard InChI is InChI=1S/C16H22N2O/c1-13-11-14-7-3-4-8-15(14)18(13)16(19)12-17-9-5-2-6-10-17/h3-4,7-8,13H,2,5-6,9-12H2,1H3/t13-/m1/s1. The zero-order chi connectivity index (χ0) is 13.2. The fraction of sp³-hybridized carbons (Fsp3) is 0.562. The predicted octanol–water partition coefficient (Wildman–Crippen LogP) is 2.45. The van der Waals surface area contributed by atoms with Crippen LogP contribution >= 0.6 is 0 Å². The van der Waals surface area contributed by atoms with Gasteiger partial charge < -0.3 is 4.90 Å². The molecule has 0 N–H and O–H groups in total. The number of amides is 1. The molecule has 1 aromatic rings. The Morgan fingerprint density at radius 3 is 2.74 bits per heavy atom. The van der Waals surface area contributed by atoms with E-state index in [4.69, 9.17) is 0 Å². The molecule has 1 atom stereocenters. The maximum Gasteiger partial charge on any atom is 0.241 e. The van der Waals surface area contributed by atoms with Gasteiger partial charge in [0.2, 0.25) is 5.91 Å². The Hall–Kier alpha value is -1.35. The summed E-state index contributed by atoms with van der Waals surface area (Å²) in [5, 5.41) is 0. The molecule has 19 heavy (non-hydrogen) atoms. The van der Waals surface area contributed by atoms with Gasteiger partial charge in [0, 0.05) is 11.7 Å². The van der Waals surface area contributed by atoms with Crippen molar-refractivity contribution in [1.82, 2.24) is 4.90 Å². The number of hydrogen-bond acceptors (Lipinski definition) is 2. The Bertz CT molecular complexity index is 466. The molecule has 2 aliphatic rings. The Kier molecular flexibility index (Phi) is 3.56. The highest BCUT2D eigenvalue weighted by Crippen LogP contribution is 2.31. The van der Waals surface area contributed by atoms with Crippen molar-refractivity contribution in [3.05, 3.63) is 29.8 Å². The highest BCUT2D eigenvalue weighted by molar-refractivity contribution is 5.97. The van der Waals surface area contributed by atoms with Crippen LogP contribution in [0.4, 0.5) is 5.69 Å². The maximum absolute atomic E-state index is 12.6. The number of hydrogen-bond donors (Lipinski definition) is 0. The molecule has 1 fully saturated rings. The monoisotopic (exact) mass is 258 g/mol. The Balaban J connectivity index is 1.72.